The van der Waals surface area contributed by atoms with Crippen LogP contribution in [0.15, 0.2) is 29.6 Å². The zero-order valence-corrected chi connectivity index (χ0v) is 9.93. The van der Waals surface area contributed by atoms with E-state index in [4.69, 9.17) is 5.11 Å². The van der Waals surface area contributed by atoms with Crippen molar-refractivity contribution in [1.29, 1.82) is 0 Å². The second kappa shape index (κ2) is 5.14. The number of carboxylic acids is 1. The number of carboxylic acid groups (broad SMARTS) is 1. The van der Waals surface area contributed by atoms with Gasteiger partial charge in [-0.1, -0.05) is 6.07 Å². The van der Waals surface area contributed by atoms with E-state index in [1.165, 1.54) is 34.9 Å². The van der Waals surface area contributed by atoms with Gasteiger partial charge in [0, 0.05) is 16.8 Å². The highest BCUT2D eigenvalue weighted by atomic mass is 32.1. The third-order valence-electron chi connectivity index (χ3n) is 2.31. The molecule has 6 heteroatoms. The van der Waals surface area contributed by atoms with Crippen LogP contribution in [0.4, 0.5) is 14.5 Å². The molecule has 0 atom stereocenters. The van der Waals surface area contributed by atoms with Gasteiger partial charge < -0.3 is 10.4 Å². The van der Waals surface area contributed by atoms with Gasteiger partial charge in [0.25, 0.3) is 0 Å². The molecule has 0 radical (unpaired) electrons. The van der Waals surface area contributed by atoms with Crippen molar-refractivity contribution < 1.29 is 18.7 Å². The molecule has 18 heavy (non-hydrogen) atoms. The first kappa shape index (κ1) is 12.5. The average Bonchev–Trinajstić information content (AvgIpc) is 2.80. The van der Waals surface area contributed by atoms with E-state index in [1.807, 2.05) is 0 Å². The standard InChI is InChI=1S/C12H9F2NO2S/c13-9-2-1-3-10(11(9)14)15-5-8-4-7(6-18-8)12(16)17/h1-4,6,15H,5H2,(H,16,17). The Bertz CT molecular complexity index is 583. The van der Waals surface area contributed by atoms with Gasteiger partial charge in [-0.25, -0.2) is 13.6 Å². The Morgan fingerprint density at radius 2 is 2.17 bits per heavy atom. The third-order valence-corrected chi connectivity index (χ3v) is 3.24. The van der Waals surface area contributed by atoms with Crippen LogP contribution in [0, 0.1) is 11.6 Å². The van der Waals surface area contributed by atoms with Crippen LogP contribution in [0.2, 0.25) is 0 Å². The van der Waals surface area contributed by atoms with Crippen LogP contribution in [0.3, 0.4) is 0 Å². The van der Waals surface area contributed by atoms with Crippen molar-refractivity contribution >= 4 is 23.0 Å². The largest absolute Gasteiger partial charge is 0.478 e. The number of rotatable bonds is 4. The summed E-state index contributed by atoms with van der Waals surface area (Å²) >= 11 is 1.25. The third kappa shape index (κ3) is 2.65. The molecule has 0 saturated heterocycles. The normalized spacial score (nSPS) is 10.3. The van der Waals surface area contributed by atoms with Gasteiger partial charge in [-0.3, -0.25) is 0 Å². The van der Waals surface area contributed by atoms with Gasteiger partial charge in [-0.15, -0.1) is 11.3 Å². The molecule has 0 saturated carbocycles. The first-order valence-corrected chi connectivity index (χ1v) is 5.94. The summed E-state index contributed by atoms with van der Waals surface area (Å²) in [7, 11) is 0. The van der Waals surface area contributed by atoms with Crippen molar-refractivity contribution in [2.45, 2.75) is 6.54 Å². The Morgan fingerprint density at radius 1 is 1.39 bits per heavy atom. The van der Waals surface area contributed by atoms with E-state index in [0.29, 0.717) is 0 Å². The highest BCUT2D eigenvalue weighted by Gasteiger charge is 2.09. The van der Waals surface area contributed by atoms with Gasteiger partial charge in [0.2, 0.25) is 0 Å². The van der Waals surface area contributed by atoms with Crippen molar-refractivity contribution in [1.82, 2.24) is 0 Å². The molecule has 1 heterocycles. The Balaban J connectivity index is 2.07. The molecule has 2 rings (SSSR count). The number of hydrogen-bond acceptors (Lipinski definition) is 3. The summed E-state index contributed by atoms with van der Waals surface area (Å²) in [5.74, 6) is -2.86. The molecule has 1 aromatic carbocycles. The van der Waals surface area contributed by atoms with E-state index < -0.39 is 17.6 Å². The summed E-state index contributed by atoms with van der Waals surface area (Å²) in [5.41, 5.74) is 0.247. The molecule has 2 N–H and O–H groups in total. The van der Waals surface area contributed by atoms with Crippen LogP contribution in [-0.2, 0) is 6.54 Å². The van der Waals surface area contributed by atoms with Crippen LogP contribution in [0.1, 0.15) is 15.2 Å². The minimum atomic E-state index is -1.01. The summed E-state index contributed by atoms with van der Waals surface area (Å²) in [6, 6.07) is 5.35. The Labute approximate surface area is 106 Å². The average molecular weight is 269 g/mol. The topological polar surface area (TPSA) is 49.3 Å². The van der Waals surface area contributed by atoms with Crippen LogP contribution in [0.5, 0.6) is 0 Å². The lowest BCUT2D eigenvalue weighted by atomic mass is 10.2. The zero-order chi connectivity index (χ0) is 13.1. The molecular formula is C12H9F2NO2S. The Kier molecular flexibility index (Phi) is 3.57. The SMILES string of the molecule is O=C(O)c1csc(CNc2cccc(F)c2F)c1. The molecule has 0 fully saturated rings. The van der Waals surface area contributed by atoms with E-state index in [1.54, 1.807) is 0 Å². The maximum atomic E-state index is 13.3. The summed E-state index contributed by atoms with van der Waals surface area (Å²) in [6.07, 6.45) is 0. The van der Waals surface area contributed by atoms with Gasteiger partial charge >= 0.3 is 5.97 Å². The highest BCUT2D eigenvalue weighted by Crippen LogP contribution is 2.20. The van der Waals surface area contributed by atoms with Gasteiger partial charge in [-0.2, -0.15) is 0 Å². The number of carbonyl (C=O) groups is 1. The van der Waals surface area contributed by atoms with E-state index in [0.717, 1.165) is 10.9 Å². The molecule has 2 aromatic rings. The first-order chi connectivity index (χ1) is 8.58. The number of benzene rings is 1. The summed E-state index contributed by atoms with van der Waals surface area (Å²) < 4.78 is 26.2. The summed E-state index contributed by atoms with van der Waals surface area (Å²) in [5, 5.41) is 13.0. The van der Waals surface area contributed by atoms with E-state index in [2.05, 4.69) is 5.32 Å². The molecule has 3 nitrogen and oxygen atoms in total. The lowest BCUT2D eigenvalue weighted by Crippen LogP contribution is -2.01. The fourth-order valence-electron chi connectivity index (χ4n) is 1.41. The molecule has 0 aliphatic rings. The molecule has 0 spiro atoms. The lowest BCUT2D eigenvalue weighted by Gasteiger charge is -2.06. The maximum absolute atomic E-state index is 13.3. The van der Waals surface area contributed by atoms with Crippen molar-refractivity contribution in [3.8, 4) is 0 Å². The molecule has 0 aliphatic heterocycles. The van der Waals surface area contributed by atoms with E-state index in [9.17, 15) is 13.6 Å². The van der Waals surface area contributed by atoms with Gasteiger partial charge in [0.15, 0.2) is 11.6 Å². The van der Waals surface area contributed by atoms with E-state index in [-0.39, 0.29) is 17.8 Å². The minimum absolute atomic E-state index is 0.0558. The van der Waals surface area contributed by atoms with Crippen molar-refractivity contribution in [2.24, 2.45) is 0 Å². The molecule has 0 amide bonds. The minimum Gasteiger partial charge on any atom is -0.478 e. The monoisotopic (exact) mass is 269 g/mol. The number of hydrogen-bond donors (Lipinski definition) is 2. The van der Waals surface area contributed by atoms with Gasteiger partial charge in [0.1, 0.15) is 0 Å². The van der Waals surface area contributed by atoms with E-state index >= 15 is 0 Å². The van der Waals surface area contributed by atoms with Gasteiger partial charge in [-0.05, 0) is 18.2 Å². The van der Waals surface area contributed by atoms with Gasteiger partial charge in [0.05, 0.1) is 11.3 Å². The Morgan fingerprint density at radius 3 is 2.83 bits per heavy atom. The fraction of sp³-hybridized carbons (Fsp3) is 0.0833. The van der Waals surface area contributed by atoms with Crippen molar-refractivity contribution in [2.75, 3.05) is 5.32 Å². The predicted molar refractivity (Wildman–Crippen MR) is 65.0 cm³/mol. The smallest absolute Gasteiger partial charge is 0.336 e. The predicted octanol–water partition coefficient (Wildman–Crippen LogP) is 3.34. The molecule has 0 bridgehead atoms. The molecule has 0 unspecified atom stereocenters. The molecular weight excluding hydrogens is 260 g/mol. The van der Waals surface area contributed by atoms with Crippen LogP contribution in [0.25, 0.3) is 0 Å². The quantitative estimate of drug-likeness (QED) is 0.895. The van der Waals surface area contributed by atoms with Crippen LogP contribution < -0.4 is 5.32 Å². The summed E-state index contributed by atoms with van der Waals surface area (Å²) in [4.78, 5) is 11.4. The second-order valence-electron chi connectivity index (χ2n) is 3.56. The second-order valence-corrected chi connectivity index (χ2v) is 4.56. The highest BCUT2D eigenvalue weighted by molar-refractivity contribution is 7.10. The molecule has 0 aliphatic carbocycles. The van der Waals surface area contributed by atoms with Crippen LogP contribution >= 0.6 is 11.3 Å². The Hall–Kier alpha value is -1.95. The lowest BCUT2D eigenvalue weighted by molar-refractivity contribution is 0.0697. The number of halogens is 2. The molecule has 1 aromatic heterocycles. The first-order valence-electron chi connectivity index (χ1n) is 5.06. The number of nitrogens with one attached hydrogen (secondary N) is 1. The number of aromatic carboxylic acids is 1. The zero-order valence-electron chi connectivity index (χ0n) is 9.11. The molecule has 94 valence electrons. The van der Waals surface area contributed by atoms with Crippen molar-refractivity contribution in [3.63, 3.8) is 0 Å². The maximum Gasteiger partial charge on any atom is 0.336 e. The fourth-order valence-corrected chi connectivity index (χ4v) is 2.21. The number of anilines is 1. The number of thiophene rings is 1. The van der Waals surface area contributed by atoms with Crippen molar-refractivity contribution in [3.05, 3.63) is 51.7 Å². The summed E-state index contributed by atoms with van der Waals surface area (Å²) in [6.45, 7) is 0.248. The van der Waals surface area contributed by atoms with Crippen LogP contribution in [-0.4, -0.2) is 11.1 Å².